The van der Waals surface area contributed by atoms with Crippen molar-refractivity contribution in [2.75, 3.05) is 5.32 Å². The van der Waals surface area contributed by atoms with Gasteiger partial charge in [0.05, 0.1) is 23.0 Å². The SMILES string of the molecule is NC(=O)c1cc(C(F)(F)F)ccc1CCCC(=O)Nc1cnc2ccccc2c1. The van der Waals surface area contributed by atoms with Gasteiger partial charge >= 0.3 is 6.18 Å². The predicted octanol–water partition coefficient (Wildman–Crippen LogP) is 4.31. The van der Waals surface area contributed by atoms with Gasteiger partial charge in [-0.25, -0.2) is 0 Å². The highest BCUT2D eigenvalue weighted by atomic mass is 19.4. The van der Waals surface area contributed by atoms with E-state index < -0.39 is 17.6 Å². The molecule has 2 amide bonds. The largest absolute Gasteiger partial charge is 0.416 e. The first-order chi connectivity index (χ1) is 13.7. The summed E-state index contributed by atoms with van der Waals surface area (Å²) in [4.78, 5) is 27.9. The van der Waals surface area contributed by atoms with Gasteiger partial charge in [-0.3, -0.25) is 14.6 Å². The van der Waals surface area contributed by atoms with Crippen LogP contribution in [0.5, 0.6) is 0 Å². The minimum atomic E-state index is -4.56. The van der Waals surface area contributed by atoms with Gasteiger partial charge in [0.25, 0.3) is 0 Å². The van der Waals surface area contributed by atoms with Crippen LogP contribution in [0.4, 0.5) is 18.9 Å². The molecule has 0 saturated carbocycles. The molecule has 0 spiro atoms. The Morgan fingerprint density at radius 1 is 1.07 bits per heavy atom. The lowest BCUT2D eigenvalue weighted by atomic mass is 9.98. The van der Waals surface area contributed by atoms with Crippen molar-refractivity contribution >= 4 is 28.4 Å². The zero-order chi connectivity index (χ0) is 21.0. The second-order valence-electron chi connectivity index (χ2n) is 6.55. The smallest absolute Gasteiger partial charge is 0.366 e. The number of amides is 2. The van der Waals surface area contributed by atoms with Crippen LogP contribution >= 0.6 is 0 Å². The number of hydrogen-bond acceptors (Lipinski definition) is 3. The first-order valence-electron chi connectivity index (χ1n) is 8.88. The number of benzene rings is 2. The van der Waals surface area contributed by atoms with Gasteiger partial charge in [0.1, 0.15) is 0 Å². The molecule has 0 radical (unpaired) electrons. The van der Waals surface area contributed by atoms with E-state index in [2.05, 4.69) is 10.3 Å². The minimum absolute atomic E-state index is 0.131. The van der Waals surface area contributed by atoms with Crippen LogP contribution in [-0.2, 0) is 17.4 Å². The number of hydrogen-bond donors (Lipinski definition) is 2. The highest BCUT2D eigenvalue weighted by Crippen LogP contribution is 2.31. The molecule has 29 heavy (non-hydrogen) atoms. The molecule has 0 aliphatic carbocycles. The fourth-order valence-electron chi connectivity index (χ4n) is 3.00. The summed E-state index contributed by atoms with van der Waals surface area (Å²) in [6, 6.07) is 12.2. The van der Waals surface area contributed by atoms with E-state index in [0.29, 0.717) is 17.7 Å². The van der Waals surface area contributed by atoms with E-state index in [9.17, 15) is 22.8 Å². The molecule has 5 nitrogen and oxygen atoms in total. The number of aryl methyl sites for hydroxylation is 1. The van der Waals surface area contributed by atoms with Crippen LogP contribution in [0.2, 0.25) is 0 Å². The zero-order valence-corrected chi connectivity index (χ0v) is 15.3. The summed E-state index contributed by atoms with van der Waals surface area (Å²) < 4.78 is 38.4. The van der Waals surface area contributed by atoms with E-state index in [1.165, 1.54) is 6.07 Å². The topological polar surface area (TPSA) is 85.1 Å². The Morgan fingerprint density at radius 2 is 1.83 bits per heavy atom. The normalized spacial score (nSPS) is 11.4. The summed E-state index contributed by atoms with van der Waals surface area (Å²) >= 11 is 0. The maximum Gasteiger partial charge on any atom is 0.416 e. The average Bonchev–Trinajstić information content (AvgIpc) is 2.67. The van der Waals surface area contributed by atoms with Crippen LogP contribution in [-0.4, -0.2) is 16.8 Å². The van der Waals surface area contributed by atoms with Crippen LogP contribution in [0.1, 0.15) is 34.3 Å². The number of fused-ring (bicyclic) bond motifs is 1. The Bertz CT molecular complexity index is 1060. The minimum Gasteiger partial charge on any atom is -0.366 e. The number of nitrogens with zero attached hydrogens (tertiary/aromatic N) is 1. The lowest BCUT2D eigenvalue weighted by Gasteiger charge is -2.12. The van der Waals surface area contributed by atoms with Crippen molar-refractivity contribution in [1.29, 1.82) is 0 Å². The number of halogens is 3. The standard InChI is InChI=1S/C21H18F3N3O2/c22-21(23,24)15-9-8-13(17(11-15)20(25)29)5-3-7-19(28)27-16-10-14-4-1-2-6-18(14)26-12-16/h1-2,4,6,8-12H,3,5,7H2,(H2,25,29)(H,27,28). The zero-order valence-electron chi connectivity index (χ0n) is 15.3. The Kier molecular flexibility index (Phi) is 5.81. The van der Waals surface area contributed by atoms with E-state index in [0.717, 1.165) is 23.0 Å². The fraction of sp³-hybridized carbons (Fsp3) is 0.190. The molecule has 0 bridgehead atoms. The molecule has 3 rings (SSSR count). The third-order valence-electron chi connectivity index (χ3n) is 4.43. The highest BCUT2D eigenvalue weighted by molar-refractivity contribution is 5.95. The monoisotopic (exact) mass is 401 g/mol. The summed E-state index contributed by atoms with van der Waals surface area (Å²) in [5.74, 6) is -1.19. The second kappa shape index (κ2) is 8.30. The van der Waals surface area contributed by atoms with Crippen LogP contribution in [0, 0.1) is 0 Å². The number of aromatic nitrogens is 1. The predicted molar refractivity (Wildman–Crippen MR) is 103 cm³/mol. The van der Waals surface area contributed by atoms with Gasteiger partial charge in [-0.15, -0.1) is 0 Å². The van der Waals surface area contributed by atoms with Gasteiger partial charge in [0.15, 0.2) is 0 Å². The number of rotatable bonds is 6. The molecule has 0 saturated heterocycles. The van der Waals surface area contributed by atoms with E-state index in [1.807, 2.05) is 24.3 Å². The highest BCUT2D eigenvalue weighted by Gasteiger charge is 2.31. The van der Waals surface area contributed by atoms with Gasteiger partial charge in [0.2, 0.25) is 11.8 Å². The van der Waals surface area contributed by atoms with Crippen LogP contribution in [0.15, 0.2) is 54.7 Å². The van der Waals surface area contributed by atoms with Crippen LogP contribution in [0.3, 0.4) is 0 Å². The quantitative estimate of drug-likeness (QED) is 0.645. The lowest BCUT2D eigenvalue weighted by molar-refractivity contribution is -0.137. The van der Waals surface area contributed by atoms with Crippen molar-refractivity contribution in [1.82, 2.24) is 4.98 Å². The number of carbonyl (C=O) groups excluding carboxylic acids is 2. The molecule has 2 aromatic carbocycles. The maximum absolute atomic E-state index is 12.8. The van der Waals surface area contributed by atoms with E-state index in [1.54, 1.807) is 12.3 Å². The number of alkyl halides is 3. The van der Waals surface area contributed by atoms with E-state index in [-0.39, 0.29) is 24.3 Å². The first-order valence-corrected chi connectivity index (χ1v) is 8.88. The Hall–Kier alpha value is -3.42. The van der Waals surface area contributed by atoms with E-state index in [4.69, 9.17) is 5.73 Å². The van der Waals surface area contributed by atoms with Crippen LogP contribution < -0.4 is 11.1 Å². The third-order valence-corrected chi connectivity index (χ3v) is 4.43. The number of carbonyl (C=O) groups is 2. The summed E-state index contributed by atoms with van der Waals surface area (Å²) in [6.45, 7) is 0. The Labute approximate surface area is 164 Å². The van der Waals surface area contributed by atoms with Crippen molar-refractivity contribution in [2.45, 2.75) is 25.4 Å². The molecule has 0 fully saturated rings. The van der Waals surface area contributed by atoms with Crippen molar-refractivity contribution in [3.63, 3.8) is 0 Å². The molecule has 1 heterocycles. The number of anilines is 1. The molecule has 0 aliphatic rings. The van der Waals surface area contributed by atoms with Crippen molar-refractivity contribution in [2.24, 2.45) is 5.73 Å². The van der Waals surface area contributed by atoms with Gasteiger partial charge in [-0.2, -0.15) is 13.2 Å². The van der Waals surface area contributed by atoms with Gasteiger partial charge in [0, 0.05) is 17.4 Å². The van der Waals surface area contributed by atoms with Gasteiger partial charge in [-0.1, -0.05) is 24.3 Å². The molecular formula is C21H18F3N3O2. The number of nitrogens with two attached hydrogens (primary N) is 1. The number of primary amides is 1. The fourth-order valence-corrected chi connectivity index (χ4v) is 3.00. The lowest BCUT2D eigenvalue weighted by Crippen LogP contribution is -2.17. The van der Waals surface area contributed by atoms with Crippen molar-refractivity contribution in [3.05, 3.63) is 71.4 Å². The molecule has 8 heteroatoms. The van der Waals surface area contributed by atoms with E-state index >= 15 is 0 Å². The van der Waals surface area contributed by atoms with Crippen molar-refractivity contribution in [3.8, 4) is 0 Å². The number of pyridine rings is 1. The molecule has 150 valence electrons. The molecule has 1 aromatic heterocycles. The molecule has 0 atom stereocenters. The first kappa shape index (κ1) is 20.3. The van der Waals surface area contributed by atoms with Crippen LogP contribution in [0.25, 0.3) is 10.9 Å². The number of para-hydroxylation sites is 1. The molecule has 3 N–H and O–H groups in total. The second-order valence-corrected chi connectivity index (χ2v) is 6.55. The maximum atomic E-state index is 12.8. The molecule has 0 aliphatic heterocycles. The van der Waals surface area contributed by atoms with Gasteiger partial charge in [-0.05, 0) is 42.7 Å². The van der Waals surface area contributed by atoms with Crippen molar-refractivity contribution < 1.29 is 22.8 Å². The Balaban J connectivity index is 1.61. The number of nitrogens with one attached hydrogen (secondary N) is 1. The summed E-state index contributed by atoms with van der Waals surface area (Å²) in [5.41, 5.74) is 5.85. The van der Waals surface area contributed by atoms with Gasteiger partial charge < -0.3 is 11.1 Å². The molecular weight excluding hydrogens is 383 g/mol. The summed E-state index contributed by atoms with van der Waals surface area (Å²) in [6.07, 6.45) is -2.28. The molecule has 3 aromatic rings. The summed E-state index contributed by atoms with van der Waals surface area (Å²) in [5, 5.41) is 3.63. The Morgan fingerprint density at radius 3 is 2.55 bits per heavy atom. The summed E-state index contributed by atoms with van der Waals surface area (Å²) in [7, 11) is 0. The molecule has 0 unspecified atom stereocenters. The average molecular weight is 401 g/mol. The third kappa shape index (κ3) is 5.10.